The first-order valence-corrected chi connectivity index (χ1v) is 6.56. The van der Waals surface area contributed by atoms with Crippen LogP contribution in [0.15, 0.2) is 24.5 Å². The Morgan fingerprint density at radius 1 is 1.40 bits per heavy atom. The molecular formula is C14H19N5O. The van der Waals surface area contributed by atoms with Crippen molar-refractivity contribution in [2.24, 2.45) is 7.05 Å². The van der Waals surface area contributed by atoms with Crippen LogP contribution in [0.1, 0.15) is 28.5 Å². The molecule has 0 atom stereocenters. The van der Waals surface area contributed by atoms with Gasteiger partial charge in [0.1, 0.15) is 5.82 Å². The van der Waals surface area contributed by atoms with E-state index in [1.807, 2.05) is 26.2 Å². The zero-order chi connectivity index (χ0) is 14.5. The van der Waals surface area contributed by atoms with Crippen molar-refractivity contribution in [3.8, 4) is 0 Å². The van der Waals surface area contributed by atoms with Crippen molar-refractivity contribution in [2.45, 2.75) is 19.9 Å². The topological polar surface area (TPSA) is 71.8 Å². The first-order valence-electron chi connectivity index (χ1n) is 6.56. The minimum Gasteiger partial charge on any atom is -0.373 e. The molecule has 6 nitrogen and oxygen atoms in total. The number of amides is 1. The Labute approximate surface area is 118 Å². The van der Waals surface area contributed by atoms with Gasteiger partial charge in [0, 0.05) is 43.7 Å². The van der Waals surface area contributed by atoms with E-state index in [0.29, 0.717) is 17.9 Å². The molecule has 0 saturated heterocycles. The predicted octanol–water partition coefficient (Wildman–Crippen LogP) is 1.35. The van der Waals surface area contributed by atoms with Gasteiger partial charge in [0.2, 0.25) is 0 Å². The van der Waals surface area contributed by atoms with E-state index in [2.05, 4.69) is 20.7 Å². The van der Waals surface area contributed by atoms with Crippen molar-refractivity contribution >= 4 is 11.7 Å². The Morgan fingerprint density at radius 3 is 2.80 bits per heavy atom. The van der Waals surface area contributed by atoms with Crippen LogP contribution in [0.4, 0.5) is 5.82 Å². The smallest absolute Gasteiger partial charge is 0.251 e. The van der Waals surface area contributed by atoms with E-state index in [4.69, 9.17) is 0 Å². The molecule has 0 aliphatic rings. The zero-order valence-electron chi connectivity index (χ0n) is 12.0. The first-order chi connectivity index (χ1) is 9.62. The summed E-state index contributed by atoms with van der Waals surface area (Å²) in [7, 11) is 3.64. The fourth-order valence-electron chi connectivity index (χ4n) is 1.88. The molecule has 106 valence electrons. The van der Waals surface area contributed by atoms with Gasteiger partial charge in [0.05, 0.1) is 6.20 Å². The highest BCUT2D eigenvalue weighted by atomic mass is 16.1. The number of carbonyl (C=O) groups excluding carboxylic acids is 1. The molecule has 0 radical (unpaired) electrons. The zero-order valence-corrected chi connectivity index (χ0v) is 12.0. The fourth-order valence-corrected chi connectivity index (χ4v) is 1.88. The number of anilines is 1. The van der Waals surface area contributed by atoms with E-state index >= 15 is 0 Å². The van der Waals surface area contributed by atoms with Gasteiger partial charge >= 0.3 is 0 Å². The summed E-state index contributed by atoms with van der Waals surface area (Å²) >= 11 is 0. The molecule has 20 heavy (non-hydrogen) atoms. The van der Waals surface area contributed by atoms with Gasteiger partial charge in [-0.3, -0.25) is 9.48 Å². The lowest BCUT2D eigenvalue weighted by molar-refractivity contribution is 0.0950. The van der Waals surface area contributed by atoms with Crippen LogP contribution in [0.3, 0.4) is 0 Å². The van der Waals surface area contributed by atoms with Crippen molar-refractivity contribution in [1.29, 1.82) is 0 Å². The Hall–Kier alpha value is -2.37. The van der Waals surface area contributed by atoms with E-state index < -0.39 is 0 Å². The number of pyridine rings is 1. The Balaban J connectivity index is 2.08. The van der Waals surface area contributed by atoms with Crippen molar-refractivity contribution in [3.05, 3.63) is 41.3 Å². The standard InChI is InChI=1S/C14H19N5O/c1-4-12-5-11(6-13(15-2)18-12)14(20)16-7-10-8-17-19(3)9-10/h5-6,8-9H,4,7H2,1-3H3,(H,15,18)(H,16,20). The van der Waals surface area contributed by atoms with Crippen LogP contribution >= 0.6 is 0 Å². The largest absolute Gasteiger partial charge is 0.373 e. The minimum atomic E-state index is -0.109. The van der Waals surface area contributed by atoms with Crippen LogP contribution in [0.25, 0.3) is 0 Å². The molecule has 2 aromatic heterocycles. The van der Waals surface area contributed by atoms with Crippen LogP contribution in [-0.2, 0) is 20.0 Å². The second-order valence-corrected chi connectivity index (χ2v) is 4.54. The summed E-state index contributed by atoms with van der Waals surface area (Å²) in [5, 5.41) is 9.92. The number of nitrogens with zero attached hydrogens (tertiary/aromatic N) is 3. The Bertz CT molecular complexity index is 583. The first kappa shape index (κ1) is 14.0. The molecule has 0 saturated carbocycles. The van der Waals surface area contributed by atoms with Gasteiger partial charge in [-0.2, -0.15) is 5.10 Å². The molecule has 2 heterocycles. The Kier molecular flexibility index (Phi) is 4.34. The van der Waals surface area contributed by atoms with Gasteiger partial charge in [0.25, 0.3) is 5.91 Å². The van der Waals surface area contributed by atoms with Crippen molar-refractivity contribution < 1.29 is 4.79 Å². The van der Waals surface area contributed by atoms with Crippen LogP contribution in [-0.4, -0.2) is 27.7 Å². The Morgan fingerprint density at radius 2 is 2.20 bits per heavy atom. The highest BCUT2D eigenvalue weighted by molar-refractivity contribution is 5.94. The van der Waals surface area contributed by atoms with E-state index in [9.17, 15) is 4.79 Å². The molecule has 0 aliphatic carbocycles. The molecule has 2 N–H and O–H groups in total. The number of hydrogen-bond donors (Lipinski definition) is 2. The highest BCUT2D eigenvalue weighted by Gasteiger charge is 2.09. The van der Waals surface area contributed by atoms with Gasteiger partial charge in [-0.05, 0) is 18.6 Å². The van der Waals surface area contributed by atoms with Gasteiger partial charge < -0.3 is 10.6 Å². The lowest BCUT2D eigenvalue weighted by atomic mass is 10.1. The summed E-state index contributed by atoms with van der Waals surface area (Å²) in [5.41, 5.74) is 2.48. The van der Waals surface area contributed by atoms with Gasteiger partial charge in [-0.25, -0.2) is 4.98 Å². The average molecular weight is 273 g/mol. The van der Waals surface area contributed by atoms with E-state index in [0.717, 1.165) is 17.7 Å². The molecule has 0 unspecified atom stereocenters. The van der Waals surface area contributed by atoms with Crippen LogP contribution < -0.4 is 10.6 Å². The molecule has 0 aromatic carbocycles. The maximum absolute atomic E-state index is 12.2. The summed E-state index contributed by atoms with van der Waals surface area (Å²) in [6, 6.07) is 3.57. The summed E-state index contributed by atoms with van der Waals surface area (Å²) < 4.78 is 1.71. The van der Waals surface area contributed by atoms with Crippen molar-refractivity contribution in [1.82, 2.24) is 20.1 Å². The van der Waals surface area contributed by atoms with E-state index in [1.54, 1.807) is 24.0 Å². The maximum Gasteiger partial charge on any atom is 0.251 e. The SMILES string of the molecule is CCc1cc(C(=O)NCc2cnn(C)c2)cc(NC)n1. The van der Waals surface area contributed by atoms with Crippen LogP contribution in [0.5, 0.6) is 0 Å². The van der Waals surface area contributed by atoms with Gasteiger partial charge in [-0.15, -0.1) is 0 Å². The third kappa shape index (κ3) is 3.34. The van der Waals surface area contributed by atoms with Crippen molar-refractivity contribution in [2.75, 3.05) is 12.4 Å². The number of aryl methyl sites for hydroxylation is 2. The second-order valence-electron chi connectivity index (χ2n) is 4.54. The van der Waals surface area contributed by atoms with Gasteiger partial charge in [0.15, 0.2) is 0 Å². The van der Waals surface area contributed by atoms with Crippen molar-refractivity contribution in [3.63, 3.8) is 0 Å². The van der Waals surface area contributed by atoms with E-state index in [-0.39, 0.29) is 5.91 Å². The molecular weight excluding hydrogens is 254 g/mol. The molecule has 1 amide bonds. The molecule has 2 aromatic rings. The lowest BCUT2D eigenvalue weighted by Crippen LogP contribution is -2.23. The number of rotatable bonds is 5. The van der Waals surface area contributed by atoms with Crippen LogP contribution in [0, 0.1) is 0 Å². The summed E-state index contributed by atoms with van der Waals surface area (Å²) in [4.78, 5) is 16.5. The third-order valence-corrected chi connectivity index (χ3v) is 2.97. The number of carbonyl (C=O) groups is 1. The molecule has 0 bridgehead atoms. The molecule has 0 fully saturated rings. The quantitative estimate of drug-likeness (QED) is 0.862. The highest BCUT2D eigenvalue weighted by Crippen LogP contribution is 2.11. The molecule has 2 rings (SSSR count). The molecule has 6 heteroatoms. The third-order valence-electron chi connectivity index (χ3n) is 2.97. The molecule has 0 aliphatic heterocycles. The van der Waals surface area contributed by atoms with Crippen LogP contribution in [0.2, 0.25) is 0 Å². The number of hydrogen-bond acceptors (Lipinski definition) is 4. The minimum absolute atomic E-state index is 0.109. The lowest BCUT2D eigenvalue weighted by Gasteiger charge is -2.08. The predicted molar refractivity (Wildman–Crippen MR) is 77.5 cm³/mol. The summed E-state index contributed by atoms with van der Waals surface area (Å²) in [6.07, 6.45) is 4.41. The van der Waals surface area contributed by atoms with Gasteiger partial charge in [-0.1, -0.05) is 6.92 Å². The summed E-state index contributed by atoms with van der Waals surface area (Å²) in [6.45, 7) is 2.48. The monoisotopic (exact) mass is 273 g/mol. The second kappa shape index (κ2) is 6.18. The average Bonchev–Trinajstić information content (AvgIpc) is 2.89. The summed E-state index contributed by atoms with van der Waals surface area (Å²) in [5.74, 6) is 0.596. The number of aromatic nitrogens is 3. The fraction of sp³-hybridized carbons (Fsp3) is 0.357. The number of nitrogens with one attached hydrogen (secondary N) is 2. The maximum atomic E-state index is 12.2. The van der Waals surface area contributed by atoms with E-state index in [1.165, 1.54) is 0 Å². The molecule has 0 spiro atoms. The normalized spacial score (nSPS) is 10.3.